The van der Waals surface area contributed by atoms with Crippen molar-refractivity contribution in [3.63, 3.8) is 0 Å². The van der Waals surface area contributed by atoms with Crippen LogP contribution in [-0.4, -0.2) is 22.1 Å². The number of aliphatic carboxylic acids is 1. The number of nitrogens with one attached hydrogen (secondary N) is 1. The number of amides is 1. The van der Waals surface area contributed by atoms with E-state index in [1.54, 1.807) is 6.92 Å². The summed E-state index contributed by atoms with van der Waals surface area (Å²) in [6, 6.07) is 1.51. The number of hydrogen-bond acceptors (Lipinski definition) is 4. The van der Waals surface area contributed by atoms with Crippen LogP contribution in [0, 0.1) is 5.92 Å². The third-order valence-electron chi connectivity index (χ3n) is 1.76. The Bertz CT molecular complexity index is 334. The van der Waals surface area contributed by atoms with E-state index in [1.807, 2.05) is 0 Å². The highest BCUT2D eigenvalue weighted by Gasteiger charge is 2.13. The number of rotatable bonds is 5. The molecule has 1 rings (SSSR count). The number of hydrogen-bond donors (Lipinski definition) is 2. The molecule has 0 saturated carbocycles. The molecule has 1 unspecified atom stereocenters. The molecular formula is C9H12N2O4. The van der Waals surface area contributed by atoms with Gasteiger partial charge in [-0.25, -0.2) is 0 Å². The molecule has 0 bridgehead atoms. The van der Waals surface area contributed by atoms with E-state index >= 15 is 0 Å². The maximum atomic E-state index is 11.3. The zero-order chi connectivity index (χ0) is 11.3. The molecule has 0 aliphatic rings. The van der Waals surface area contributed by atoms with Gasteiger partial charge in [0.1, 0.15) is 6.26 Å². The fourth-order valence-electron chi connectivity index (χ4n) is 1.16. The number of carbonyl (C=O) groups excluding carboxylic acids is 1. The van der Waals surface area contributed by atoms with Gasteiger partial charge in [-0.05, 0) is 5.92 Å². The summed E-state index contributed by atoms with van der Waals surface area (Å²) in [5, 5.41) is 14.5. The summed E-state index contributed by atoms with van der Waals surface area (Å²) in [5.41, 5.74) is 0. The summed E-state index contributed by atoms with van der Waals surface area (Å²) < 4.78 is 4.53. The zero-order valence-electron chi connectivity index (χ0n) is 8.27. The van der Waals surface area contributed by atoms with E-state index in [-0.39, 0.29) is 24.7 Å². The molecule has 1 heterocycles. The fourth-order valence-corrected chi connectivity index (χ4v) is 1.16. The van der Waals surface area contributed by atoms with Gasteiger partial charge >= 0.3 is 5.97 Å². The van der Waals surface area contributed by atoms with Crippen molar-refractivity contribution in [1.29, 1.82) is 0 Å². The minimum Gasteiger partial charge on any atom is -0.481 e. The van der Waals surface area contributed by atoms with Crippen LogP contribution in [0.1, 0.15) is 19.8 Å². The summed E-state index contributed by atoms with van der Waals surface area (Å²) in [6.07, 6.45) is 1.47. The van der Waals surface area contributed by atoms with Crippen molar-refractivity contribution < 1.29 is 19.2 Å². The van der Waals surface area contributed by atoms with Gasteiger partial charge in [-0.15, -0.1) is 0 Å². The number of carbonyl (C=O) groups is 2. The molecular weight excluding hydrogens is 200 g/mol. The zero-order valence-corrected chi connectivity index (χ0v) is 8.27. The van der Waals surface area contributed by atoms with Crippen molar-refractivity contribution in [2.45, 2.75) is 19.8 Å². The van der Waals surface area contributed by atoms with Gasteiger partial charge in [-0.2, -0.15) is 0 Å². The molecule has 0 fully saturated rings. The second kappa shape index (κ2) is 5.14. The van der Waals surface area contributed by atoms with E-state index in [2.05, 4.69) is 15.0 Å². The van der Waals surface area contributed by atoms with Crippen LogP contribution in [0.2, 0.25) is 0 Å². The Hall–Kier alpha value is -1.85. The lowest BCUT2D eigenvalue weighted by Gasteiger charge is -2.07. The first kappa shape index (κ1) is 11.2. The highest BCUT2D eigenvalue weighted by Crippen LogP contribution is 2.09. The van der Waals surface area contributed by atoms with Gasteiger partial charge in [0.05, 0.1) is 0 Å². The van der Waals surface area contributed by atoms with Crippen molar-refractivity contribution in [1.82, 2.24) is 5.16 Å². The number of carboxylic acids is 1. The van der Waals surface area contributed by atoms with Crippen molar-refractivity contribution in [3.8, 4) is 0 Å². The largest absolute Gasteiger partial charge is 0.481 e. The van der Waals surface area contributed by atoms with Gasteiger partial charge in [-0.3, -0.25) is 9.59 Å². The molecule has 6 heteroatoms. The van der Waals surface area contributed by atoms with Crippen LogP contribution in [0.4, 0.5) is 5.82 Å². The molecule has 2 N–H and O–H groups in total. The molecule has 1 aromatic heterocycles. The lowest BCUT2D eigenvalue weighted by molar-refractivity contribution is -0.138. The standard InChI is InChI=1S/C9H12N2O4/c1-6(5-9(13)14)4-8(12)10-7-2-3-15-11-7/h2-3,6H,4-5H2,1H3,(H,13,14)(H,10,11,12). The molecule has 15 heavy (non-hydrogen) atoms. The van der Waals surface area contributed by atoms with Crippen LogP contribution in [0.5, 0.6) is 0 Å². The highest BCUT2D eigenvalue weighted by atomic mass is 16.5. The van der Waals surface area contributed by atoms with E-state index in [0.717, 1.165) is 0 Å². The number of anilines is 1. The molecule has 1 atom stereocenters. The Balaban J connectivity index is 2.33. The third-order valence-corrected chi connectivity index (χ3v) is 1.76. The minimum absolute atomic E-state index is 0.0216. The van der Waals surface area contributed by atoms with Gasteiger partial charge in [0, 0.05) is 18.9 Å². The lowest BCUT2D eigenvalue weighted by atomic mass is 10.0. The Morgan fingerprint density at radius 2 is 2.33 bits per heavy atom. The monoisotopic (exact) mass is 212 g/mol. The third kappa shape index (κ3) is 4.26. The number of carboxylic acid groups (broad SMARTS) is 1. The normalized spacial score (nSPS) is 12.1. The summed E-state index contributed by atoms with van der Waals surface area (Å²) in [4.78, 5) is 21.7. The molecule has 0 saturated heterocycles. The lowest BCUT2D eigenvalue weighted by Crippen LogP contribution is -2.17. The molecule has 1 aromatic rings. The fraction of sp³-hybridized carbons (Fsp3) is 0.444. The van der Waals surface area contributed by atoms with Gasteiger partial charge in [0.2, 0.25) is 5.91 Å². The van der Waals surface area contributed by atoms with E-state index in [9.17, 15) is 9.59 Å². The van der Waals surface area contributed by atoms with E-state index in [4.69, 9.17) is 5.11 Å². The maximum Gasteiger partial charge on any atom is 0.303 e. The SMILES string of the molecule is CC(CC(=O)O)CC(=O)Nc1ccon1. The molecule has 0 aliphatic carbocycles. The first-order valence-electron chi connectivity index (χ1n) is 4.50. The van der Waals surface area contributed by atoms with Crippen molar-refractivity contribution in [2.24, 2.45) is 5.92 Å². The molecule has 0 aliphatic heterocycles. The quantitative estimate of drug-likeness (QED) is 0.762. The average molecular weight is 212 g/mol. The second-order valence-corrected chi connectivity index (χ2v) is 3.34. The van der Waals surface area contributed by atoms with Crippen LogP contribution >= 0.6 is 0 Å². The van der Waals surface area contributed by atoms with E-state index < -0.39 is 5.97 Å². The van der Waals surface area contributed by atoms with Crippen molar-refractivity contribution >= 4 is 17.7 Å². The molecule has 82 valence electrons. The summed E-state index contributed by atoms with van der Waals surface area (Å²) in [7, 11) is 0. The second-order valence-electron chi connectivity index (χ2n) is 3.34. The Labute approximate surface area is 86.3 Å². The molecule has 0 radical (unpaired) electrons. The smallest absolute Gasteiger partial charge is 0.303 e. The Morgan fingerprint density at radius 3 is 2.87 bits per heavy atom. The maximum absolute atomic E-state index is 11.3. The number of aromatic nitrogens is 1. The summed E-state index contributed by atoms with van der Waals surface area (Å²) >= 11 is 0. The first-order chi connectivity index (χ1) is 7.08. The van der Waals surface area contributed by atoms with Gasteiger partial charge in [0.15, 0.2) is 5.82 Å². The Kier molecular flexibility index (Phi) is 3.84. The van der Waals surface area contributed by atoms with Crippen molar-refractivity contribution in [3.05, 3.63) is 12.3 Å². The molecule has 0 aromatic carbocycles. The molecule has 6 nitrogen and oxygen atoms in total. The summed E-state index contributed by atoms with van der Waals surface area (Å²) in [5.74, 6) is -1.04. The average Bonchev–Trinajstić information content (AvgIpc) is 2.53. The topological polar surface area (TPSA) is 92.4 Å². The highest BCUT2D eigenvalue weighted by molar-refractivity contribution is 5.89. The minimum atomic E-state index is -0.906. The van der Waals surface area contributed by atoms with Gasteiger partial charge in [0.25, 0.3) is 0 Å². The number of nitrogens with zero attached hydrogens (tertiary/aromatic N) is 1. The predicted molar refractivity (Wildman–Crippen MR) is 51.2 cm³/mol. The van der Waals surface area contributed by atoms with Crippen LogP contribution in [-0.2, 0) is 9.59 Å². The van der Waals surface area contributed by atoms with Crippen LogP contribution in [0.25, 0.3) is 0 Å². The Morgan fingerprint density at radius 1 is 1.60 bits per heavy atom. The van der Waals surface area contributed by atoms with E-state index in [0.29, 0.717) is 5.82 Å². The summed E-state index contributed by atoms with van der Waals surface area (Å²) in [6.45, 7) is 1.70. The van der Waals surface area contributed by atoms with Crippen LogP contribution in [0.3, 0.4) is 0 Å². The van der Waals surface area contributed by atoms with Crippen LogP contribution in [0.15, 0.2) is 16.9 Å². The molecule has 1 amide bonds. The van der Waals surface area contributed by atoms with Gasteiger partial charge < -0.3 is 14.9 Å². The van der Waals surface area contributed by atoms with Gasteiger partial charge in [-0.1, -0.05) is 12.1 Å². The first-order valence-corrected chi connectivity index (χ1v) is 4.50. The molecule has 0 spiro atoms. The van der Waals surface area contributed by atoms with Crippen LogP contribution < -0.4 is 5.32 Å². The van der Waals surface area contributed by atoms with E-state index in [1.165, 1.54) is 12.3 Å². The van der Waals surface area contributed by atoms with Crippen molar-refractivity contribution in [2.75, 3.05) is 5.32 Å². The predicted octanol–water partition coefficient (Wildman–Crippen LogP) is 1.11.